The number of hydrogen-bond donors (Lipinski definition) is 1. The van der Waals surface area contributed by atoms with E-state index in [-0.39, 0.29) is 23.0 Å². The van der Waals surface area contributed by atoms with Crippen LogP contribution in [0, 0.1) is 0 Å². The van der Waals surface area contributed by atoms with E-state index in [1.807, 2.05) is 6.07 Å². The van der Waals surface area contributed by atoms with Gasteiger partial charge in [0.2, 0.25) is 5.75 Å². The minimum atomic E-state index is -0.0701. The third kappa shape index (κ3) is 3.43. The van der Waals surface area contributed by atoms with E-state index in [0.717, 1.165) is 12.0 Å². The monoisotopic (exact) mass is 370 g/mol. The Balaban J connectivity index is 2.02. The molecule has 0 saturated carbocycles. The van der Waals surface area contributed by atoms with Crippen molar-refractivity contribution in [3.8, 4) is 28.7 Å². The van der Waals surface area contributed by atoms with Gasteiger partial charge in [-0.25, -0.2) is 0 Å². The average Bonchev–Trinajstić information content (AvgIpc) is 2.70. The Morgan fingerprint density at radius 1 is 0.815 bits per heavy atom. The first-order valence-electron chi connectivity index (χ1n) is 8.47. The van der Waals surface area contributed by atoms with Crippen molar-refractivity contribution in [2.75, 3.05) is 28.4 Å². The zero-order valence-electron chi connectivity index (χ0n) is 15.8. The summed E-state index contributed by atoms with van der Waals surface area (Å²) in [4.78, 5) is 13.0. The molecule has 142 valence electrons. The molecule has 1 aliphatic rings. The lowest BCUT2D eigenvalue weighted by molar-refractivity contribution is 0.102. The first-order valence-corrected chi connectivity index (χ1v) is 8.47. The van der Waals surface area contributed by atoms with Crippen molar-refractivity contribution in [1.29, 1.82) is 0 Å². The standard InChI is InChI=1S/C21H22O6/c1-24-16-10-13-5-6-14(20(22)15(13)11-17(16)25-2)7-12-8-18(26-3)21(23)19(9-12)27-4/h7-11,23H,5-6H2,1-4H3. The van der Waals surface area contributed by atoms with E-state index < -0.39 is 0 Å². The number of rotatable bonds is 5. The molecule has 0 fully saturated rings. The van der Waals surface area contributed by atoms with Crippen molar-refractivity contribution in [3.63, 3.8) is 0 Å². The van der Waals surface area contributed by atoms with Crippen LogP contribution >= 0.6 is 0 Å². The third-order valence-corrected chi connectivity index (χ3v) is 4.65. The molecule has 0 amide bonds. The summed E-state index contributed by atoms with van der Waals surface area (Å²) in [7, 11) is 6.05. The number of phenolic OH excluding ortho intramolecular Hbond substituents is 1. The summed E-state index contributed by atoms with van der Waals surface area (Å²) in [6.45, 7) is 0. The van der Waals surface area contributed by atoms with Gasteiger partial charge in [-0.3, -0.25) is 4.79 Å². The Morgan fingerprint density at radius 2 is 1.37 bits per heavy atom. The zero-order chi connectivity index (χ0) is 19.6. The molecular weight excluding hydrogens is 348 g/mol. The number of methoxy groups -OCH3 is 4. The fourth-order valence-corrected chi connectivity index (χ4v) is 3.23. The highest BCUT2D eigenvalue weighted by Gasteiger charge is 2.24. The number of ether oxygens (including phenoxy) is 4. The van der Waals surface area contributed by atoms with E-state index in [4.69, 9.17) is 18.9 Å². The minimum Gasteiger partial charge on any atom is -0.502 e. The van der Waals surface area contributed by atoms with Crippen LogP contribution < -0.4 is 18.9 Å². The van der Waals surface area contributed by atoms with Gasteiger partial charge < -0.3 is 24.1 Å². The summed E-state index contributed by atoms with van der Waals surface area (Å²) < 4.78 is 21.0. The van der Waals surface area contributed by atoms with Gasteiger partial charge in [-0.05, 0) is 54.3 Å². The lowest BCUT2D eigenvalue weighted by atomic mass is 9.85. The van der Waals surface area contributed by atoms with Crippen LogP contribution in [0.2, 0.25) is 0 Å². The van der Waals surface area contributed by atoms with Crippen molar-refractivity contribution in [3.05, 3.63) is 46.5 Å². The predicted octanol–water partition coefficient (Wildman–Crippen LogP) is 3.64. The average molecular weight is 370 g/mol. The highest BCUT2D eigenvalue weighted by atomic mass is 16.5. The lowest BCUT2D eigenvalue weighted by Crippen LogP contribution is -2.14. The molecule has 6 nitrogen and oxygen atoms in total. The number of ketones is 1. The number of aromatic hydroxyl groups is 1. The summed E-state index contributed by atoms with van der Waals surface area (Å²) in [6, 6.07) is 6.92. The summed E-state index contributed by atoms with van der Waals surface area (Å²) in [6.07, 6.45) is 3.12. The van der Waals surface area contributed by atoms with Crippen LogP contribution in [0.5, 0.6) is 28.7 Å². The molecule has 0 aromatic heterocycles. The fourth-order valence-electron chi connectivity index (χ4n) is 3.23. The molecule has 0 aliphatic heterocycles. The molecule has 0 atom stereocenters. The summed E-state index contributed by atoms with van der Waals surface area (Å²) >= 11 is 0. The van der Waals surface area contributed by atoms with Crippen LogP contribution in [-0.2, 0) is 6.42 Å². The van der Waals surface area contributed by atoms with Crippen LogP contribution in [0.15, 0.2) is 29.8 Å². The van der Waals surface area contributed by atoms with E-state index in [9.17, 15) is 9.90 Å². The molecule has 1 aliphatic carbocycles. The van der Waals surface area contributed by atoms with Crippen LogP contribution in [0.25, 0.3) is 6.08 Å². The van der Waals surface area contributed by atoms with Crippen LogP contribution in [0.3, 0.4) is 0 Å². The molecule has 6 heteroatoms. The maximum Gasteiger partial charge on any atom is 0.200 e. The zero-order valence-corrected chi connectivity index (χ0v) is 15.8. The number of Topliss-reactive ketones (excluding diaryl/α,β-unsaturated/α-hetero) is 1. The number of fused-ring (bicyclic) bond motifs is 1. The van der Waals surface area contributed by atoms with Gasteiger partial charge in [0.15, 0.2) is 28.8 Å². The van der Waals surface area contributed by atoms with Gasteiger partial charge in [0.05, 0.1) is 28.4 Å². The Morgan fingerprint density at radius 3 is 1.93 bits per heavy atom. The molecule has 2 aromatic carbocycles. The van der Waals surface area contributed by atoms with Gasteiger partial charge in [0.1, 0.15) is 0 Å². The minimum absolute atomic E-state index is 0.0526. The van der Waals surface area contributed by atoms with Crippen molar-refractivity contribution in [1.82, 2.24) is 0 Å². The predicted molar refractivity (Wildman–Crippen MR) is 101 cm³/mol. The number of phenols is 1. The molecule has 2 aromatic rings. The molecule has 0 bridgehead atoms. The summed E-state index contributed by atoms with van der Waals surface area (Å²) in [5.74, 6) is 1.60. The van der Waals surface area contributed by atoms with Crippen LogP contribution in [0.4, 0.5) is 0 Å². The Hall–Kier alpha value is -3.15. The van der Waals surface area contributed by atoms with E-state index in [1.54, 1.807) is 38.5 Å². The first-order chi connectivity index (χ1) is 13.0. The summed E-state index contributed by atoms with van der Waals surface area (Å²) in [5.41, 5.74) is 2.94. The molecular formula is C21H22O6. The Labute approximate surface area is 157 Å². The summed E-state index contributed by atoms with van der Waals surface area (Å²) in [5, 5.41) is 10.0. The highest BCUT2D eigenvalue weighted by Crippen LogP contribution is 2.39. The second kappa shape index (κ2) is 7.61. The van der Waals surface area contributed by atoms with Crippen molar-refractivity contribution >= 4 is 11.9 Å². The van der Waals surface area contributed by atoms with Gasteiger partial charge in [0, 0.05) is 11.1 Å². The van der Waals surface area contributed by atoms with Gasteiger partial charge in [-0.1, -0.05) is 0 Å². The largest absolute Gasteiger partial charge is 0.502 e. The van der Waals surface area contributed by atoms with Gasteiger partial charge in [-0.15, -0.1) is 0 Å². The molecule has 0 radical (unpaired) electrons. The Kier molecular flexibility index (Phi) is 5.26. The molecule has 27 heavy (non-hydrogen) atoms. The number of carbonyl (C=O) groups is 1. The van der Waals surface area contributed by atoms with E-state index >= 15 is 0 Å². The maximum atomic E-state index is 13.0. The number of allylic oxidation sites excluding steroid dienone is 1. The van der Waals surface area contributed by atoms with Gasteiger partial charge in [-0.2, -0.15) is 0 Å². The number of aryl methyl sites for hydroxylation is 1. The first kappa shape index (κ1) is 18.6. The van der Waals surface area contributed by atoms with Gasteiger partial charge in [0.25, 0.3) is 0 Å². The van der Waals surface area contributed by atoms with Crippen LogP contribution in [0.1, 0.15) is 27.9 Å². The highest BCUT2D eigenvalue weighted by molar-refractivity contribution is 6.13. The molecule has 0 unspecified atom stereocenters. The normalized spacial score (nSPS) is 14.7. The number of benzene rings is 2. The third-order valence-electron chi connectivity index (χ3n) is 4.65. The van der Waals surface area contributed by atoms with Crippen molar-refractivity contribution in [2.45, 2.75) is 12.8 Å². The molecule has 0 heterocycles. The topological polar surface area (TPSA) is 74.2 Å². The molecule has 0 saturated heterocycles. The maximum absolute atomic E-state index is 13.0. The fraction of sp³-hybridized carbons (Fsp3) is 0.286. The second-order valence-electron chi connectivity index (χ2n) is 6.14. The van der Waals surface area contributed by atoms with E-state index in [2.05, 4.69) is 0 Å². The quantitative estimate of drug-likeness (QED) is 0.810. The molecule has 0 spiro atoms. The Bertz CT molecular complexity index is 888. The van der Waals surface area contributed by atoms with Gasteiger partial charge >= 0.3 is 0 Å². The van der Waals surface area contributed by atoms with E-state index in [1.165, 1.54) is 14.2 Å². The molecule has 1 N–H and O–H groups in total. The second-order valence-corrected chi connectivity index (χ2v) is 6.14. The molecule has 3 rings (SSSR count). The van der Waals surface area contributed by atoms with Crippen molar-refractivity contribution in [2.24, 2.45) is 0 Å². The lowest BCUT2D eigenvalue weighted by Gasteiger charge is -2.20. The van der Waals surface area contributed by atoms with E-state index in [0.29, 0.717) is 34.6 Å². The smallest absolute Gasteiger partial charge is 0.200 e. The SMILES string of the molecule is COc1cc2c(cc1OC)C(=O)C(=Cc1cc(OC)c(O)c(OC)c1)CC2. The number of carbonyl (C=O) groups excluding carboxylic acids is 1. The van der Waals surface area contributed by atoms with Crippen molar-refractivity contribution < 1.29 is 28.8 Å². The van der Waals surface area contributed by atoms with Crippen LogP contribution in [-0.4, -0.2) is 39.3 Å². The number of hydrogen-bond acceptors (Lipinski definition) is 6.